The van der Waals surface area contributed by atoms with Crippen LogP contribution in [-0.4, -0.2) is 19.9 Å². The van der Waals surface area contributed by atoms with Crippen molar-refractivity contribution in [3.05, 3.63) is 158 Å². The maximum absolute atomic E-state index is 5.38. The lowest BCUT2D eigenvalue weighted by molar-refractivity contribution is 1.33. The molecule has 0 saturated heterocycles. The van der Waals surface area contributed by atoms with Crippen molar-refractivity contribution in [2.45, 2.75) is 0 Å². The summed E-state index contributed by atoms with van der Waals surface area (Å²) < 4.78 is 2.45. The van der Waals surface area contributed by atoms with Crippen LogP contribution in [0.4, 0.5) is 0 Å². The van der Waals surface area contributed by atoms with Gasteiger partial charge in [-0.3, -0.25) is 4.98 Å². The van der Waals surface area contributed by atoms with Crippen LogP contribution in [0.2, 0.25) is 0 Å². The molecule has 4 nitrogen and oxygen atoms in total. The molecule has 0 saturated carbocycles. The van der Waals surface area contributed by atoms with Crippen molar-refractivity contribution in [2.75, 3.05) is 0 Å². The molecule has 10 rings (SSSR count). The smallest absolute Gasteiger partial charge is 0.0972 e. The van der Waals surface area contributed by atoms with Gasteiger partial charge in [-0.25, -0.2) is 15.0 Å². The fourth-order valence-corrected chi connectivity index (χ4v) is 8.15. The summed E-state index contributed by atoms with van der Waals surface area (Å²) in [5.74, 6) is 0. The van der Waals surface area contributed by atoms with E-state index in [9.17, 15) is 0 Å². The van der Waals surface area contributed by atoms with E-state index in [0.29, 0.717) is 0 Å². The highest BCUT2D eigenvalue weighted by atomic mass is 32.1. The van der Waals surface area contributed by atoms with Crippen molar-refractivity contribution in [1.29, 1.82) is 0 Å². The van der Waals surface area contributed by atoms with Crippen molar-refractivity contribution in [1.82, 2.24) is 19.9 Å². The van der Waals surface area contributed by atoms with Gasteiger partial charge >= 0.3 is 0 Å². The minimum absolute atomic E-state index is 0.900. The van der Waals surface area contributed by atoms with E-state index in [1.807, 2.05) is 30.5 Å². The van der Waals surface area contributed by atoms with Crippen LogP contribution in [0.25, 0.3) is 97.8 Å². The minimum atomic E-state index is 0.900. The number of fused-ring (bicyclic) bond motifs is 8. The Morgan fingerprint density at radius 3 is 1.94 bits per heavy atom. The second-order valence-corrected chi connectivity index (χ2v) is 13.3. The van der Waals surface area contributed by atoms with Gasteiger partial charge in [-0.15, -0.1) is 11.3 Å². The third-order valence-corrected chi connectivity index (χ3v) is 10.5. The molecular formula is C44H26N4S. The highest BCUT2D eigenvalue weighted by Crippen LogP contribution is 2.44. The predicted octanol–water partition coefficient (Wildman–Crippen LogP) is 11.8. The van der Waals surface area contributed by atoms with Crippen molar-refractivity contribution in [3.8, 4) is 44.9 Å². The van der Waals surface area contributed by atoms with Crippen LogP contribution in [0.15, 0.2) is 158 Å². The molecule has 0 unspecified atom stereocenters. The van der Waals surface area contributed by atoms with E-state index in [4.69, 9.17) is 15.0 Å². The Kier molecular flexibility index (Phi) is 6.32. The maximum Gasteiger partial charge on any atom is 0.0972 e. The lowest BCUT2D eigenvalue weighted by Gasteiger charge is -2.11. The van der Waals surface area contributed by atoms with E-state index in [-0.39, 0.29) is 0 Å². The van der Waals surface area contributed by atoms with E-state index in [1.165, 1.54) is 20.2 Å². The molecule has 5 heteroatoms. The SMILES string of the molecule is c1ccc(-c2ccc3ccc4ccc(-c5cccc(-c6nc7cc(-c8cccnc8)ccc7c7c6sc6ccccc67)c5)nc4c3n2)cc1. The molecule has 0 amide bonds. The number of pyridine rings is 4. The summed E-state index contributed by atoms with van der Waals surface area (Å²) in [7, 11) is 0. The molecule has 5 aromatic heterocycles. The van der Waals surface area contributed by atoms with Gasteiger partial charge in [0.1, 0.15) is 0 Å². The van der Waals surface area contributed by atoms with Crippen LogP contribution in [0.3, 0.4) is 0 Å². The van der Waals surface area contributed by atoms with Crippen LogP contribution in [0, 0.1) is 0 Å². The molecule has 0 atom stereocenters. The normalized spacial score (nSPS) is 11.7. The zero-order chi connectivity index (χ0) is 32.3. The Bertz CT molecular complexity index is 2880. The number of rotatable bonds is 4. The average Bonchev–Trinajstić information content (AvgIpc) is 3.58. The minimum Gasteiger partial charge on any atom is -0.264 e. The number of nitrogens with zero attached hydrogens (tertiary/aromatic N) is 4. The van der Waals surface area contributed by atoms with Crippen LogP contribution in [-0.2, 0) is 0 Å². The van der Waals surface area contributed by atoms with Crippen molar-refractivity contribution in [3.63, 3.8) is 0 Å². The van der Waals surface area contributed by atoms with Gasteiger partial charge in [-0.1, -0.05) is 109 Å². The first-order valence-corrected chi connectivity index (χ1v) is 17.1. The molecule has 0 N–H and O–H groups in total. The number of hydrogen-bond acceptors (Lipinski definition) is 5. The Morgan fingerprint density at radius 2 is 1.14 bits per heavy atom. The van der Waals surface area contributed by atoms with Crippen LogP contribution in [0.5, 0.6) is 0 Å². The first-order valence-electron chi connectivity index (χ1n) is 16.3. The van der Waals surface area contributed by atoms with Gasteiger partial charge in [0.15, 0.2) is 0 Å². The van der Waals surface area contributed by atoms with Crippen molar-refractivity contribution >= 4 is 64.2 Å². The monoisotopic (exact) mass is 642 g/mol. The van der Waals surface area contributed by atoms with E-state index in [2.05, 4.69) is 126 Å². The first kappa shape index (κ1) is 27.8. The summed E-state index contributed by atoms with van der Waals surface area (Å²) in [5, 5.41) is 5.80. The van der Waals surface area contributed by atoms with E-state index in [1.54, 1.807) is 17.5 Å². The molecule has 0 radical (unpaired) electrons. The van der Waals surface area contributed by atoms with Gasteiger partial charge in [0.05, 0.1) is 38.3 Å². The third kappa shape index (κ3) is 4.66. The number of benzene rings is 5. The van der Waals surface area contributed by atoms with Gasteiger partial charge in [0.25, 0.3) is 0 Å². The molecule has 49 heavy (non-hydrogen) atoms. The van der Waals surface area contributed by atoms with Gasteiger partial charge in [0.2, 0.25) is 0 Å². The van der Waals surface area contributed by atoms with Crippen LogP contribution >= 0.6 is 11.3 Å². The Labute approximate surface area is 286 Å². The topological polar surface area (TPSA) is 51.6 Å². The fourth-order valence-electron chi connectivity index (χ4n) is 6.92. The Hall–Kier alpha value is -6.30. The van der Waals surface area contributed by atoms with E-state index >= 15 is 0 Å². The molecule has 228 valence electrons. The molecule has 0 aliphatic carbocycles. The molecule has 0 aliphatic heterocycles. The molecule has 0 fully saturated rings. The second kappa shape index (κ2) is 11.2. The quantitative estimate of drug-likeness (QED) is 0.179. The standard InChI is InChI=1S/C44H26N4S/c1-2-8-27(9-3-1)36-21-18-28-15-16-29-19-22-37(47-42(29)41(28)46-36)31-10-6-11-32(24-31)43-44-40(35-13-4-5-14-39(35)49-44)34-20-17-30(25-38(34)48-43)33-12-7-23-45-26-33/h1-26H. The molecule has 5 heterocycles. The largest absolute Gasteiger partial charge is 0.264 e. The third-order valence-electron chi connectivity index (χ3n) is 9.33. The summed E-state index contributed by atoms with van der Waals surface area (Å²) >= 11 is 1.81. The summed E-state index contributed by atoms with van der Waals surface area (Å²) in [6.45, 7) is 0. The lowest BCUT2D eigenvalue weighted by Crippen LogP contribution is -1.92. The lowest BCUT2D eigenvalue weighted by atomic mass is 9.99. The van der Waals surface area contributed by atoms with Gasteiger partial charge in [-0.05, 0) is 42.0 Å². The molecule has 10 aromatic rings. The van der Waals surface area contributed by atoms with Crippen LogP contribution in [0.1, 0.15) is 0 Å². The van der Waals surface area contributed by atoms with Gasteiger partial charge in [-0.2, -0.15) is 0 Å². The molecule has 0 aliphatic rings. The van der Waals surface area contributed by atoms with E-state index < -0.39 is 0 Å². The number of hydrogen-bond donors (Lipinski definition) is 0. The van der Waals surface area contributed by atoms with E-state index in [0.717, 1.165) is 77.6 Å². The Balaban J connectivity index is 1.16. The highest BCUT2D eigenvalue weighted by Gasteiger charge is 2.17. The molecule has 5 aromatic carbocycles. The summed E-state index contributed by atoms with van der Waals surface area (Å²) in [4.78, 5) is 20.1. The fraction of sp³-hybridized carbons (Fsp3) is 0. The van der Waals surface area contributed by atoms with Gasteiger partial charge < -0.3 is 0 Å². The second-order valence-electron chi connectivity index (χ2n) is 12.3. The number of aromatic nitrogens is 4. The zero-order valence-electron chi connectivity index (χ0n) is 26.2. The Morgan fingerprint density at radius 1 is 0.449 bits per heavy atom. The maximum atomic E-state index is 5.38. The predicted molar refractivity (Wildman–Crippen MR) is 205 cm³/mol. The first-order chi connectivity index (χ1) is 24.3. The average molecular weight is 643 g/mol. The zero-order valence-corrected chi connectivity index (χ0v) is 27.0. The molecular weight excluding hydrogens is 617 g/mol. The van der Waals surface area contributed by atoms with Crippen molar-refractivity contribution < 1.29 is 0 Å². The highest BCUT2D eigenvalue weighted by molar-refractivity contribution is 7.26. The summed E-state index contributed by atoms with van der Waals surface area (Å²) in [6, 6.07) is 51.0. The molecule has 0 bridgehead atoms. The van der Waals surface area contributed by atoms with Crippen LogP contribution < -0.4 is 0 Å². The summed E-state index contributed by atoms with van der Waals surface area (Å²) in [5.41, 5.74) is 11.0. The van der Waals surface area contributed by atoms with Gasteiger partial charge in [0, 0.05) is 66.3 Å². The summed E-state index contributed by atoms with van der Waals surface area (Å²) in [6.07, 6.45) is 3.71. The van der Waals surface area contributed by atoms with Crippen molar-refractivity contribution in [2.24, 2.45) is 0 Å². The molecule has 0 spiro atoms. The number of thiophene rings is 1.